The SMILES string of the molecule is CSC1=CN=C2CCCCN2C1. The fourth-order valence-corrected chi connectivity index (χ4v) is 2.13. The lowest BCUT2D eigenvalue weighted by Gasteiger charge is -2.32. The second-order valence-corrected chi connectivity index (χ2v) is 4.16. The maximum absolute atomic E-state index is 4.46. The van der Waals surface area contributed by atoms with Crippen molar-refractivity contribution in [3.05, 3.63) is 11.1 Å². The third kappa shape index (κ3) is 1.51. The number of hydrogen-bond donors (Lipinski definition) is 0. The molecule has 0 N–H and O–H groups in total. The molecule has 3 heteroatoms. The Morgan fingerprint density at radius 1 is 1.50 bits per heavy atom. The van der Waals surface area contributed by atoms with E-state index in [2.05, 4.69) is 16.1 Å². The predicted molar refractivity (Wildman–Crippen MR) is 54.5 cm³/mol. The molecule has 0 saturated carbocycles. The summed E-state index contributed by atoms with van der Waals surface area (Å²) in [5.74, 6) is 1.30. The third-order valence-corrected chi connectivity index (χ3v) is 3.17. The molecule has 0 atom stereocenters. The van der Waals surface area contributed by atoms with Crippen molar-refractivity contribution in [2.75, 3.05) is 19.3 Å². The molecule has 66 valence electrons. The summed E-state index contributed by atoms with van der Waals surface area (Å²) in [6.45, 7) is 2.30. The number of fused-ring (bicyclic) bond motifs is 1. The number of aliphatic imine (C=N–C) groups is 1. The summed E-state index contributed by atoms with van der Waals surface area (Å²) in [6.07, 6.45) is 7.98. The second kappa shape index (κ2) is 3.52. The quantitative estimate of drug-likeness (QED) is 0.617. The molecule has 1 saturated heterocycles. The zero-order chi connectivity index (χ0) is 8.39. The van der Waals surface area contributed by atoms with Gasteiger partial charge in [-0.2, -0.15) is 0 Å². The lowest BCUT2D eigenvalue weighted by atomic mass is 10.1. The van der Waals surface area contributed by atoms with E-state index in [-0.39, 0.29) is 0 Å². The number of thioether (sulfide) groups is 1. The highest BCUT2D eigenvalue weighted by Gasteiger charge is 2.19. The van der Waals surface area contributed by atoms with Gasteiger partial charge < -0.3 is 4.90 Å². The van der Waals surface area contributed by atoms with E-state index in [1.54, 1.807) is 0 Å². The van der Waals surface area contributed by atoms with Gasteiger partial charge in [-0.05, 0) is 19.1 Å². The average molecular weight is 182 g/mol. The molecule has 0 spiro atoms. The zero-order valence-electron chi connectivity index (χ0n) is 7.42. The van der Waals surface area contributed by atoms with E-state index >= 15 is 0 Å². The van der Waals surface area contributed by atoms with Crippen LogP contribution in [0, 0.1) is 0 Å². The Kier molecular flexibility index (Phi) is 2.40. The van der Waals surface area contributed by atoms with E-state index in [0.717, 1.165) is 6.54 Å². The molecule has 0 aliphatic carbocycles. The maximum Gasteiger partial charge on any atom is 0.104 e. The van der Waals surface area contributed by atoms with E-state index in [1.165, 1.54) is 36.5 Å². The Bertz CT molecular complexity index is 233. The fraction of sp³-hybridized carbons (Fsp3) is 0.667. The van der Waals surface area contributed by atoms with Gasteiger partial charge in [-0.15, -0.1) is 11.8 Å². The Balaban J connectivity index is 2.12. The minimum atomic E-state index is 1.10. The molecule has 1 fully saturated rings. The lowest BCUT2D eigenvalue weighted by molar-refractivity contribution is 0.395. The van der Waals surface area contributed by atoms with E-state index in [4.69, 9.17) is 0 Å². The van der Waals surface area contributed by atoms with Crippen LogP contribution >= 0.6 is 11.8 Å². The molecule has 0 aromatic rings. The molecule has 12 heavy (non-hydrogen) atoms. The number of rotatable bonds is 1. The van der Waals surface area contributed by atoms with Gasteiger partial charge in [0.2, 0.25) is 0 Å². The zero-order valence-corrected chi connectivity index (χ0v) is 8.23. The molecule has 2 heterocycles. The van der Waals surface area contributed by atoms with Crippen LogP contribution in [0.5, 0.6) is 0 Å². The summed E-state index contributed by atoms with van der Waals surface area (Å²) in [5, 5.41) is 0. The van der Waals surface area contributed by atoms with Crippen LogP contribution in [0.2, 0.25) is 0 Å². The lowest BCUT2D eigenvalue weighted by Crippen LogP contribution is -2.37. The maximum atomic E-state index is 4.46. The van der Waals surface area contributed by atoms with E-state index in [9.17, 15) is 0 Å². The van der Waals surface area contributed by atoms with Crippen LogP contribution in [0.15, 0.2) is 16.1 Å². The van der Waals surface area contributed by atoms with Gasteiger partial charge in [0.05, 0.1) is 6.54 Å². The van der Waals surface area contributed by atoms with Gasteiger partial charge in [-0.1, -0.05) is 0 Å². The van der Waals surface area contributed by atoms with E-state index in [1.807, 2.05) is 18.0 Å². The molecule has 2 aliphatic rings. The molecular formula is C9H14N2S. The smallest absolute Gasteiger partial charge is 0.104 e. The van der Waals surface area contributed by atoms with Gasteiger partial charge in [0, 0.05) is 24.1 Å². The van der Waals surface area contributed by atoms with Crippen molar-refractivity contribution in [3.8, 4) is 0 Å². The highest BCUT2D eigenvalue weighted by molar-refractivity contribution is 8.02. The van der Waals surface area contributed by atoms with Crippen LogP contribution in [0.3, 0.4) is 0 Å². The summed E-state index contributed by atoms with van der Waals surface area (Å²) < 4.78 is 0. The minimum absolute atomic E-state index is 1.10. The average Bonchev–Trinajstić information content (AvgIpc) is 2.17. The van der Waals surface area contributed by atoms with Crippen LogP contribution in [-0.2, 0) is 0 Å². The Labute approximate surface area is 77.7 Å². The van der Waals surface area contributed by atoms with Gasteiger partial charge >= 0.3 is 0 Å². The number of hydrogen-bond acceptors (Lipinski definition) is 3. The Morgan fingerprint density at radius 2 is 2.42 bits per heavy atom. The van der Waals surface area contributed by atoms with E-state index in [0.29, 0.717) is 0 Å². The first-order valence-electron chi connectivity index (χ1n) is 4.45. The minimum Gasteiger partial charge on any atom is -0.355 e. The number of piperidine rings is 1. The normalized spacial score (nSPS) is 22.9. The summed E-state index contributed by atoms with van der Waals surface area (Å²) in [7, 11) is 0. The van der Waals surface area contributed by atoms with Crippen molar-refractivity contribution >= 4 is 17.6 Å². The van der Waals surface area contributed by atoms with Gasteiger partial charge in [0.15, 0.2) is 0 Å². The van der Waals surface area contributed by atoms with Crippen LogP contribution in [0.1, 0.15) is 19.3 Å². The molecule has 0 amide bonds. The highest BCUT2D eigenvalue weighted by atomic mass is 32.2. The van der Waals surface area contributed by atoms with Crippen molar-refractivity contribution in [2.24, 2.45) is 4.99 Å². The molecule has 2 aliphatic heterocycles. The van der Waals surface area contributed by atoms with E-state index < -0.39 is 0 Å². The summed E-state index contributed by atoms with van der Waals surface area (Å²) >= 11 is 1.81. The summed E-state index contributed by atoms with van der Waals surface area (Å²) in [4.78, 5) is 8.26. The molecule has 0 radical (unpaired) electrons. The number of amidine groups is 1. The monoisotopic (exact) mass is 182 g/mol. The van der Waals surface area contributed by atoms with Crippen molar-refractivity contribution < 1.29 is 0 Å². The molecule has 0 aromatic carbocycles. The highest BCUT2D eigenvalue weighted by Crippen LogP contribution is 2.22. The molecule has 0 unspecified atom stereocenters. The van der Waals surface area contributed by atoms with Crippen LogP contribution in [0.4, 0.5) is 0 Å². The summed E-state index contributed by atoms with van der Waals surface area (Å²) in [5.41, 5.74) is 0. The fourth-order valence-electron chi connectivity index (χ4n) is 1.68. The van der Waals surface area contributed by atoms with Crippen LogP contribution < -0.4 is 0 Å². The number of nitrogens with zero attached hydrogens (tertiary/aromatic N) is 2. The Morgan fingerprint density at radius 3 is 3.25 bits per heavy atom. The van der Waals surface area contributed by atoms with Crippen molar-refractivity contribution in [2.45, 2.75) is 19.3 Å². The summed E-state index contributed by atoms with van der Waals surface area (Å²) in [6, 6.07) is 0. The van der Waals surface area contributed by atoms with Crippen LogP contribution in [-0.4, -0.2) is 30.1 Å². The first kappa shape index (κ1) is 8.17. The Hall–Kier alpha value is -0.440. The molecule has 0 aromatic heterocycles. The first-order chi connectivity index (χ1) is 5.90. The largest absolute Gasteiger partial charge is 0.355 e. The second-order valence-electron chi connectivity index (χ2n) is 3.22. The topological polar surface area (TPSA) is 15.6 Å². The third-order valence-electron chi connectivity index (χ3n) is 2.41. The van der Waals surface area contributed by atoms with Crippen molar-refractivity contribution in [1.29, 1.82) is 0 Å². The molecule has 2 nitrogen and oxygen atoms in total. The molecule has 0 bridgehead atoms. The standard InChI is InChI=1S/C9H14N2S/c1-12-8-6-10-9-4-2-3-5-11(9)7-8/h6H,2-5,7H2,1H3. The predicted octanol–water partition coefficient (Wildman–Crippen LogP) is 2.09. The van der Waals surface area contributed by atoms with Crippen molar-refractivity contribution in [3.63, 3.8) is 0 Å². The van der Waals surface area contributed by atoms with Gasteiger partial charge in [-0.3, -0.25) is 0 Å². The molecule has 2 rings (SSSR count). The van der Waals surface area contributed by atoms with Crippen molar-refractivity contribution in [1.82, 2.24) is 4.90 Å². The van der Waals surface area contributed by atoms with Gasteiger partial charge in [0.25, 0.3) is 0 Å². The first-order valence-corrected chi connectivity index (χ1v) is 5.67. The molecular weight excluding hydrogens is 168 g/mol. The van der Waals surface area contributed by atoms with Gasteiger partial charge in [-0.25, -0.2) is 4.99 Å². The van der Waals surface area contributed by atoms with Crippen LogP contribution in [0.25, 0.3) is 0 Å². The van der Waals surface area contributed by atoms with Gasteiger partial charge in [0.1, 0.15) is 5.84 Å².